The largest absolute Gasteiger partial charge is 0.501 e. The van der Waals surface area contributed by atoms with Crippen molar-refractivity contribution in [2.24, 2.45) is 5.41 Å². The fourth-order valence-electron chi connectivity index (χ4n) is 6.89. The molecule has 1 fully saturated rings. The van der Waals surface area contributed by atoms with Gasteiger partial charge in [0.25, 0.3) is 0 Å². The van der Waals surface area contributed by atoms with E-state index < -0.39 is 12.7 Å². The molecule has 5 aromatic carbocycles. The molecule has 0 N–H and O–H groups in total. The van der Waals surface area contributed by atoms with E-state index in [4.69, 9.17) is 8.53 Å². The summed E-state index contributed by atoms with van der Waals surface area (Å²) in [6.07, 6.45) is 6.22. The molecule has 0 unspecified atom stereocenters. The van der Waals surface area contributed by atoms with Gasteiger partial charge in [0.15, 0.2) is 0 Å². The number of nitrogens with zero attached hydrogens (tertiary/aromatic N) is 2. The Hall–Kier alpha value is -4.63. The summed E-state index contributed by atoms with van der Waals surface area (Å²) in [7, 11) is 0. The first-order chi connectivity index (χ1) is 25.0. The molecule has 8 aromatic rings. The molecule has 4 heteroatoms. The Balaban J connectivity index is 0.000000284. The van der Waals surface area contributed by atoms with Gasteiger partial charge in [-0.1, -0.05) is 79.4 Å². The molecule has 0 aliphatic heterocycles. The third-order valence-electron chi connectivity index (χ3n) is 9.69. The zero-order valence-electron chi connectivity index (χ0n) is 31.5. The Morgan fingerprint density at radius 1 is 0.755 bits per heavy atom. The summed E-state index contributed by atoms with van der Waals surface area (Å²) in [6, 6.07) is 42.7. The van der Waals surface area contributed by atoms with Crippen molar-refractivity contribution >= 4 is 43.5 Å². The molecule has 0 saturated heterocycles. The third kappa shape index (κ3) is 6.56. The quantitative estimate of drug-likeness (QED) is 0.132. The third-order valence-corrected chi connectivity index (χ3v) is 9.69. The van der Waals surface area contributed by atoms with Gasteiger partial charge < -0.3 is 14.4 Å². The Morgan fingerprint density at radius 3 is 2.37 bits per heavy atom. The predicted molar refractivity (Wildman–Crippen MR) is 199 cm³/mol. The number of hydrogen-bond acceptors (Lipinski definition) is 3. The number of benzene rings is 5. The van der Waals surface area contributed by atoms with Crippen LogP contribution in [0.15, 0.2) is 126 Å². The van der Waals surface area contributed by atoms with Gasteiger partial charge in [0.2, 0.25) is 0 Å². The van der Waals surface area contributed by atoms with E-state index in [1.54, 1.807) is 6.20 Å². The predicted octanol–water partition coefficient (Wildman–Crippen LogP) is 12.3. The fraction of sp³-hybridized carbons (Fsp3) is 0.200. The molecule has 3 aromatic heterocycles. The summed E-state index contributed by atoms with van der Waals surface area (Å²) in [6.45, 7) is 2.09. The van der Waals surface area contributed by atoms with Crippen LogP contribution >= 0.6 is 0 Å². The standard InChI is InChI=1S/C34H30NO.C11H8N.Ir/c1-21-20-35-31(18-28(21)23-13-15-34(2,3)16-14-23)27-10-6-9-26-30-17-24-12-11-22-7-4-5-8-25(22)29(24)19-32(30)36-33(26)27;1-2-6-10(7-3-1)11-8-4-5-9-12-11;/h4-9,11-12,17-20,23H,13-16H2,1-3H3;1-6,8-9H;/q2*-1;/i1D3,23D;;. The Kier molecular flexibility index (Phi) is 7.90. The van der Waals surface area contributed by atoms with Crippen molar-refractivity contribution in [3.63, 3.8) is 0 Å². The van der Waals surface area contributed by atoms with Gasteiger partial charge in [-0.2, -0.15) is 0 Å². The maximum Gasteiger partial charge on any atom is 0.121 e. The van der Waals surface area contributed by atoms with Gasteiger partial charge in [-0.3, -0.25) is 0 Å². The van der Waals surface area contributed by atoms with E-state index in [2.05, 4.69) is 78.4 Å². The molecule has 49 heavy (non-hydrogen) atoms. The van der Waals surface area contributed by atoms with Crippen LogP contribution in [0.5, 0.6) is 0 Å². The SMILES string of the molecule is [2H]C([2H])([2H])c1cnc(-c2[c-]ccc3c2oc2cc4c(ccc5ccccc54)cc23)cc1C1([2H])CCC(C)(C)CC1.[Ir].[c-]1ccccc1-c1ccccn1. The van der Waals surface area contributed by atoms with Crippen LogP contribution in [0.4, 0.5) is 0 Å². The molecule has 245 valence electrons. The van der Waals surface area contributed by atoms with Crippen LogP contribution in [-0.4, -0.2) is 9.97 Å². The van der Waals surface area contributed by atoms with Crippen LogP contribution in [0.25, 0.3) is 66.0 Å². The molecule has 0 atom stereocenters. The fourth-order valence-corrected chi connectivity index (χ4v) is 6.89. The Labute approximate surface area is 307 Å². The average Bonchev–Trinajstić information content (AvgIpc) is 3.53. The topological polar surface area (TPSA) is 38.9 Å². The van der Waals surface area contributed by atoms with Crippen molar-refractivity contribution < 1.29 is 30.0 Å². The second-order valence-corrected chi connectivity index (χ2v) is 13.4. The molecular formula is C45H38IrN2O-2. The average molecular weight is 819 g/mol. The number of aryl methyl sites for hydroxylation is 1. The minimum Gasteiger partial charge on any atom is -0.501 e. The van der Waals surface area contributed by atoms with Gasteiger partial charge in [-0.05, 0) is 106 Å². The summed E-state index contributed by atoms with van der Waals surface area (Å²) in [4.78, 5) is 8.83. The van der Waals surface area contributed by atoms with Crippen molar-refractivity contribution in [3.8, 4) is 22.5 Å². The van der Waals surface area contributed by atoms with E-state index in [9.17, 15) is 1.37 Å². The van der Waals surface area contributed by atoms with Crippen LogP contribution in [0.1, 0.15) is 62.0 Å². The first-order valence-electron chi connectivity index (χ1n) is 18.6. The Bertz CT molecular complexity index is 2520. The van der Waals surface area contributed by atoms with E-state index in [1.165, 1.54) is 17.0 Å². The number of fused-ring (bicyclic) bond motifs is 6. The smallest absolute Gasteiger partial charge is 0.121 e. The van der Waals surface area contributed by atoms with Crippen LogP contribution in [0, 0.1) is 24.4 Å². The molecule has 0 bridgehead atoms. The van der Waals surface area contributed by atoms with Crippen LogP contribution in [0.3, 0.4) is 0 Å². The van der Waals surface area contributed by atoms with Crippen molar-refractivity contribution in [2.75, 3.05) is 0 Å². The number of pyridine rings is 2. The summed E-state index contributed by atoms with van der Waals surface area (Å²) in [5.74, 6) is -0.975. The molecular weight excluding hydrogens is 777 g/mol. The first-order valence-corrected chi connectivity index (χ1v) is 16.6. The minimum atomic E-state index is -2.35. The van der Waals surface area contributed by atoms with Gasteiger partial charge in [-0.15, -0.1) is 54.1 Å². The molecule has 0 spiro atoms. The van der Waals surface area contributed by atoms with Crippen molar-refractivity contribution in [2.45, 2.75) is 52.3 Å². The maximum atomic E-state index is 9.41. The number of furan rings is 1. The van der Waals surface area contributed by atoms with E-state index >= 15 is 0 Å². The van der Waals surface area contributed by atoms with Gasteiger partial charge >= 0.3 is 0 Å². The summed E-state index contributed by atoms with van der Waals surface area (Å²) >= 11 is 0. The molecule has 1 saturated carbocycles. The molecule has 3 nitrogen and oxygen atoms in total. The van der Waals surface area contributed by atoms with Crippen molar-refractivity contribution in [3.05, 3.63) is 145 Å². The number of hydrogen-bond donors (Lipinski definition) is 0. The van der Waals surface area contributed by atoms with E-state index in [0.29, 0.717) is 35.2 Å². The maximum absolute atomic E-state index is 9.41. The molecule has 0 amide bonds. The van der Waals surface area contributed by atoms with E-state index in [-0.39, 0.29) is 31.1 Å². The normalized spacial score (nSPS) is 16.5. The van der Waals surface area contributed by atoms with E-state index in [1.807, 2.05) is 66.7 Å². The second-order valence-electron chi connectivity index (χ2n) is 13.4. The van der Waals surface area contributed by atoms with Crippen LogP contribution in [-0.2, 0) is 20.1 Å². The second kappa shape index (κ2) is 13.7. The number of aromatic nitrogens is 2. The molecule has 1 aliphatic carbocycles. The van der Waals surface area contributed by atoms with Crippen molar-refractivity contribution in [1.29, 1.82) is 0 Å². The zero-order chi connectivity index (χ0) is 36.1. The zero-order valence-corrected chi connectivity index (χ0v) is 29.9. The van der Waals surface area contributed by atoms with Gasteiger partial charge in [0.05, 0.1) is 5.58 Å². The summed E-state index contributed by atoms with van der Waals surface area (Å²) in [5, 5.41) is 6.61. The van der Waals surface area contributed by atoms with Crippen LogP contribution in [0.2, 0.25) is 0 Å². The first kappa shape index (κ1) is 28.2. The van der Waals surface area contributed by atoms with Gasteiger partial charge in [0, 0.05) is 43.4 Å². The van der Waals surface area contributed by atoms with Crippen LogP contribution < -0.4 is 0 Å². The molecule has 3 heterocycles. The molecule has 1 aliphatic rings. The molecule has 9 rings (SSSR count). The van der Waals surface area contributed by atoms with Gasteiger partial charge in [0.1, 0.15) is 5.58 Å². The number of rotatable bonds is 3. The minimum absolute atomic E-state index is 0. The Morgan fingerprint density at radius 2 is 1.57 bits per heavy atom. The van der Waals surface area contributed by atoms with E-state index in [0.717, 1.165) is 51.2 Å². The summed E-state index contributed by atoms with van der Waals surface area (Å²) < 4.78 is 40.5. The van der Waals surface area contributed by atoms with Gasteiger partial charge in [-0.25, -0.2) is 0 Å². The molecule has 1 radical (unpaired) electrons. The monoisotopic (exact) mass is 819 g/mol. The van der Waals surface area contributed by atoms with Crippen molar-refractivity contribution in [1.82, 2.24) is 9.97 Å². The summed E-state index contributed by atoms with van der Waals surface area (Å²) in [5.41, 5.74) is 5.60.